The van der Waals surface area contributed by atoms with E-state index in [9.17, 15) is 10.1 Å². The lowest BCUT2D eigenvalue weighted by Gasteiger charge is -2.18. The van der Waals surface area contributed by atoms with E-state index in [0.717, 1.165) is 16.7 Å². The molecule has 0 radical (unpaired) electrons. The van der Waals surface area contributed by atoms with Crippen molar-refractivity contribution in [2.45, 2.75) is 19.9 Å². The Morgan fingerprint density at radius 2 is 2.10 bits per heavy atom. The lowest BCUT2D eigenvalue weighted by molar-refractivity contribution is 0.610. The van der Waals surface area contributed by atoms with Crippen LogP contribution in [-0.4, -0.2) is 14.8 Å². The maximum absolute atomic E-state index is 12.8. The number of halogens is 1. The van der Waals surface area contributed by atoms with Gasteiger partial charge in [0, 0.05) is 24.9 Å². The summed E-state index contributed by atoms with van der Waals surface area (Å²) in [5, 5.41) is 17.5. The zero-order chi connectivity index (χ0) is 21.4. The van der Waals surface area contributed by atoms with Gasteiger partial charge >= 0.3 is 0 Å². The molecule has 0 spiro atoms. The van der Waals surface area contributed by atoms with Gasteiger partial charge in [-0.05, 0) is 37.6 Å². The fraction of sp³-hybridized carbons (Fsp3) is 0.182. The number of nitrogens with zero attached hydrogens (tertiary/aromatic N) is 4. The highest BCUT2D eigenvalue weighted by Crippen LogP contribution is 2.31. The second-order valence-corrected chi connectivity index (χ2v) is 7.50. The Kier molecular flexibility index (Phi) is 5.02. The highest BCUT2D eigenvalue weighted by Gasteiger charge is 2.18. The van der Waals surface area contributed by atoms with Gasteiger partial charge in [-0.3, -0.25) is 9.48 Å². The second kappa shape index (κ2) is 7.65. The Labute approximate surface area is 177 Å². The van der Waals surface area contributed by atoms with Gasteiger partial charge in [-0.25, -0.2) is 4.98 Å². The highest BCUT2D eigenvalue weighted by molar-refractivity contribution is 6.29. The first-order chi connectivity index (χ1) is 14.4. The predicted molar refractivity (Wildman–Crippen MR) is 115 cm³/mol. The molecule has 0 unspecified atom stereocenters. The standard InChI is InChI=1S/C22H18ClN5O2/c1-12-6-15(13(2)26-17-4-5-21(23)27-18(17)9-24)22-16(7-12)19(29)8-20(30-22)14-10-25-28(3)11-14/h4-8,10-11,13,26H,1-3H3/t13-/m1/s1. The summed E-state index contributed by atoms with van der Waals surface area (Å²) in [6, 6.07) is 10.4. The van der Waals surface area contributed by atoms with E-state index in [1.807, 2.05) is 32.0 Å². The minimum Gasteiger partial charge on any atom is -0.455 e. The topological polar surface area (TPSA) is 96.7 Å². The minimum atomic E-state index is -0.269. The van der Waals surface area contributed by atoms with Crippen molar-refractivity contribution in [3.63, 3.8) is 0 Å². The third kappa shape index (κ3) is 3.65. The van der Waals surface area contributed by atoms with E-state index in [1.165, 1.54) is 6.07 Å². The van der Waals surface area contributed by atoms with Gasteiger partial charge in [-0.2, -0.15) is 10.4 Å². The SMILES string of the molecule is Cc1cc([C@@H](C)Nc2ccc(Cl)nc2C#N)c2oc(-c3cnn(C)c3)cc(=O)c2c1. The Bertz CT molecular complexity index is 1370. The van der Waals surface area contributed by atoms with Gasteiger partial charge in [0.25, 0.3) is 0 Å². The quantitative estimate of drug-likeness (QED) is 0.486. The maximum atomic E-state index is 12.8. The molecule has 0 aliphatic heterocycles. The van der Waals surface area contributed by atoms with Gasteiger partial charge < -0.3 is 9.73 Å². The molecule has 0 aliphatic carbocycles. The van der Waals surface area contributed by atoms with Gasteiger partial charge in [0.2, 0.25) is 0 Å². The molecule has 0 amide bonds. The number of pyridine rings is 1. The first kappa shape index (κ1) is 19.7. The Morgan fingerprint density at radius 1 is 1.30 bits per heavy atom. The minimum absolute atomic E-state index is 0.127. The average Bonchev–Trinajstić information content (AvgIpc) is 3.15. The van der Waals surface area contributed by atoms with Crippen molar-refractivity contribution < 1.29 is 4.42 Å². The number of fused-ring (bicyclic) bond motifs is 1. The molecule has 3 aromatic heterocycles. The van der Waals surface area contributed by atoms with Crippen LogP contribution in [0.15, 0.2) is 51.9 Å². The molecule has 0 fully saturated rings. The van der Waals surface area contributed by atoms with Crippen LogP contribution in [0.5, 0.6) is 0 Å². The molecule has 7 nitrogen and oxygen atoms in total. The van der Waals surface area contributed by atoms with Crippen LogP contribution in [0.2, 0.25) is 5.15 Å². The van der Waals surface area contributed by atoms with Crippen LogP contribution in [0.25, 0.3) is 22.3 Å². The average molecular weight is 420 g/mol. The van der Waals surface area contributed by atoms with Crippen LogP contribution in [0.4, 0.5) is 5.69 Å². The fourth-order valence-corrected chi connectivity index (χ4v) is 3.54. The molecule has 1 aromatic carbocycles. The third-order valence-electron chi connectivity index (χ3n) is 4.80. The van der Waals surface area contributed by atoms with E-state index in [0.29, 0.717) is 22.4 Å². The molecule has 0 saturated carbocycles. The van der Waals surface area contributed by atoms with E-state index in [-0.39, 0.29) is 22.3 Å². The summed E-state index contributed by atoms with van der Waals surface area (Å²) in [5.41, 5.74) is 3.57. The number of rotatable bonds is 4. The largest absolute Gasteiger partial charge is 0.455 e. The molecule has 30 heavy (non-hydrogen) atoms. The number of aryl methyl sites for hydroxylation is 2. The summed E-state index contributed by atoms with van der Waals surface area (Å²) in [6.45, 7) is 3.86. The fourth-order valence-electron chi connectivity index (χ4n) is 3.39. The zero-order valence-electron chi connectivity index (χ0n) is 16.6. The molecule has 8 heteroatoms. The van der Waals surface area contributed by atoms with Crippen molar-refractivity contribution in [1.29, 1.82) is 5.26 Å². The van der Waals surface area contributed by atoms with Crippen LogP contribution < -0.4 is 10.7 Å². The van der Waals surface area contributed by atoms with Gasteiger partial charge in [-0.1, -0.05) is 17.7 Å². The molecule has 0 saturated heterocycles. The van der Waals surface area contributed by atoms with Gasteiger partial charge in [0.1, 0.15) is 22.6 Å². The third-order valence-corrected chi connectivity index (χ3v) is 5.01. The van der Waals surface area contributed by atoms with Crippen LogP contribution >= 0.6 is 11.6 Å². The van der Waals surface area contributed by atoms with E-state index in [2.05, 4.69) is 15.4 Å². The second-order valence-electron chi connectivity index (χ2n) is 7.12. The van der Waals surface area contributed by atoms with Gasteiger partial charge in [0.15, 0.2) is 11.1 Å². The highest BCUT2D eigenvalue weighted by atomic mass is 35.5. The maximum Gasteiger partial charge on any atom is 0.193 e. The molecule has 4 rings (SSSR count). The predicted octanol–water partition coefficient (Wildman–Crippen LogP) is 4.60. The van der Waals surface area contributed by atoms with E-state index in [1.54, 1.807) is 36.3 Å². The molecule has 0 aliphatic rings. The molecule has 1 atom stereocenters. The number of nitriles is 1. The smallest absolute Gasteiger partial charge is 0.193 e. The first-order valence-electron chi connectivity index (χ1n) is 9.26. The molecule has 0 bridgehead atoms. The zero-order valence-corrected chi connectivity index (χ0v) is 17.4. The summed E-state index contributed by atoms with van der Waals surface area (Å²) in [4.78, 5) is 16.9. The Hall–Kier alpha value is -3.63. The molecular formula is C22H18ClN5O2. The van der Waals surface area contributed by atoms with E-state index >= 15 is 0 Å². The monoisotopic (exact) mass is 419 g/mol. The van der Waals surface area contributed by atoms with Crippen LogP contribution in [0.1, 0.15) is 29.8 Å². The number of benzene rings is 1. The normalized spacial score (nSPS) is 12.0. The number of hydrogen-bond acceptors (Lipinski definition) is 6. The van der Waals surface area contributed by atoms with Crippen molar-refractivity contribution in [1.82, 2.24) is 14.8 Å². The van der Waals surface area contributed by atoms with Crippen molar-refractivity contribution >= 4 is 28.3 Å². The van der Waals surface area contributed by atoms with E-state index in [4.69, 9.17) is 16.0 Å². The van der Waals surface area contributed by atoms with Crippen molar-refractivity contribution in [3.05, 3.63) is 74.9 Å². The lowest BCUT2D eigenvalue weighted by atomic mass is 10.0. The van der Waals surface area contributed by atoms with Crippen LogP contribution in [0.3, 0.4) is 0 Å². The Morgan fingerprint density at radius 3 is 2.80 bits per heavy atom. The summed E-state index contributed by atoms with van der Waals surface area (Å²) in [6.07, 6.45) is 3.44. The Balaban J connectivity index is 1.84. The molecule has 150 valence electrons. The summed E-state index contributed by atoms with van der Waals surface area (Å²) in [7, 11) is 1.80. The molecule has 3 heterocycles. The number of anilines is 1. The number of hydrogen-bond donors (Lipinski definition) is 1. The van der Waals surface area contributed by atoms with Crippen molar-refractivity contribution in [2.75, 3.05) is 5.32 Å². The first-order valence-corrected chi connectivity index (χ1v) is 9.64. The summed E-state index contributed by atoms with van der Waals surface area (Å²) < 4.78 is 7.82. The van der Waals surface area contributed by atoms with E-state index < -0.39 is 0 Å². The van der Waals surface area contributed by atoms with Crippen LogP contribution in [-0.2, 0) is 7.05 Å². The van der Waals surface area contributed by atoms with Gasteiger partial charge in [-0.15, -0.1) is 0 Å². The number of nitrogens with one attached hydrogen (secondary N) is 1. The molecule has 1 N–H and O–H groups in total. The molecular weight excluding hydrogens is 402 g/mol. The van der Waals surface area contributed by atoms with Crippen LogP contribution in [0, 0.1) is 18.3 Å². The summed E-state index contributed by atoms with van der Waals surface area (Å²) in [5.74, 6) is 0.448. The number of aromatic nitrogens is 3. The summed E-state index contributed by atoms with van der Waals surface area (Å²) >= 11 is 5.90. The lowest BCUT2D eigenvalue weighted by Crippen LogP contribution is -2.11. The molecule has 4 aromatic rings. The van der Waals surface area contributed by atoms with Gasteiger partial charge in [0.05, 0.1) is 28.9 Å². The van der Waals surface area contributed by atoms with Crippen molar-refractivity contribution in [2.24, 2.45) is 7.05 Å². The van der Waals surface area contributed by atoms with Crippen molar-refractivity contribution in [3.8, 4) is 17.4 Å².